The maximum atomic E-state index is 12.5. The summed E-state index contributed by atoms with van der Waals surface area (Å²) in [4.78, 5) is 29.2. The van der Waals surface area contributed by atoms with Gasteiger partial charge in [-0.25, -0.2) is 0 Å². The SMILES string of the molecule is NC1(C(=O)N2CCN(C(=O)c3cccs3)CC2)CCCC1. The molecule has 21 heavy (non-hydrogen) atoms. The smallest absolute Gasteiger partial charge is 0.264 e. The second kappa shape index (κ2) is 5.77. The second-order valence-corrected chi connectivity index (χ2v) is 6.87. The van der Waals surface area contributed by atoms with Crippen LogP contribution in [0.5, 0.6) is 0 Å². The van der Waals surface area contributed by atoms with Crippen LogP contribution in [0.1, 0.15) is 35.4 Å². The number of piperazine rings is 1. The third-order valence-electron chi connectivity index (χ3n) is 4.51. The zero-order chi connectivity index (χ0) is 14.9. The molecule has 6 heteroatoms. The minimum Gasteiger partial charge on any atom is -0.338 e. The molecule has 2 fully saturated rings. The van der Waals surface area contributed by atoms with Gasteiger partial charge in [-0.3, -0.25) is 9.59 Å². The Morgan fingerprint density at radius 3 is 2.29 bits per heavy atom. The molecule has 3 rings (SSSR count). The largest absolute Gasteiger partial charge is 0.338 e. The Labute approximate surface area is 128 Å². The first-order chi connectivity index (χ1) is 10.1. The minimum absolute atomic E-state index is 0.0698. The van der Waals surface area contributed by atoms with Gasteiger partial charge in [-0.2, -0.15) is 0 Å². The average molecular weight is 307 g/mol. The van der Waals surface area contributed by atoms with Crippen molar-refractivity contribution < 1.29 is 9.59 Å². The van der Waals surface area contributed by atoms with E-state index in [2.05, 4.69) is 0 Å². The number of carbonyl (C=O) groups is 2. The van der Waals surface area contributed by atoms with Crippen LogP contribution in [0.4, 0.5) is 0 Å². The lowest BCUT2D eigenvalue weighted by Gasteiger charge is -2.38. The Morgan fingerprint density at radius 2 is 1.71 bits per heavy atom. The highest BCUT2D eigenvalue weighted by atomic mass is 32.1. The summed E-state index contributed by atoms with van der Waals surface area (Å²) in [5.41, 5.74) is 5.58. The number of thiophene rings is 1. The Kier molecular flexibility index (Phi) is 3.99. The van der Waals surface area contributed by atoms with Gasteiger partial charge in [0, 0.05) is 26.2 Å². The third kappa shape index (κ3) is 2.82. The number of amides is 2. The van der Waals surface area contributed by atoms with E-state index in [1.165, 1.54) is 11.3 Å². The fraction of sp³-hybridized carbons (Fsp3) is 0.600. The van der Waals surface area contributed by atoms with Crippen molar-refractivity contribution in [3.05, 3.63) is 22.4 Å². The molecule has 2 N–H and O–H groups in total. The van der Waals surface area contributed by atoms with E-state index in [0.717, 1.165) is 30.6 Å². The highest BCUT2D eigenvalue weighted by Crippen LogP contribution is 2.29. The van der Waals surface area contributed by atoms with Gasteiger partial charge >= 0.3 is 0 Å². The van der Waals surface area contributed by atoms with Gasteiger partial charge in [-0.05, 0) is 24.3 Å². The molecule has 0 atom stereocenters. The fourth-order valence-electron chi connectivity index (χ4n) is 3.20. The molecule has 0 unspecified atom stereocenters. The van der Waals surface area contributed by atoms with Gasteiger partial charge in [0.25, 0.3) is 5.91 Å². The molecule has 1 aromatic rings. The van der Waals surface area contributed by atoms with Crippen LogP contribution >= 0.6 is 11.3 Å². The summed E-state index contributed by atoms with van der Waals surface area (Å²) < 4.78 is 0. The van der Waals surface area contributed by atoms with Gasteiger partial charge in [0.05, 0.1) is 10.4 Å². The van der Waals surface area contributed by atoms with Crippen molar-refractivity contribution >= 4 is 23.2 Å². The lowest BCUT2D eigenvalue weighted by atomic mass is 9.97. The first kappa shape index (κ1) is 14.5. The van der Waals surface area contributed by atoms with E-state index in [-0.39, 0.29) is 11.8 Å². The van der Waals surface area contributed by atoms with E-state index >= 15 is 0 Å². The quantitative estimate of drug-likeness (QED) is 0.895. The number of rotatable bonds is 2. The Hall–Kier alpha value is -1.40. The van der Waals surface area contributed by atoms with E-state index in [1.807, 2.05) is 27.3 Å². The van der Waals surface area contributed by atoms with E-state index in [0.29, 0.717) is 26.2 Å². The van der Waals surface area contributed by atoms with E-state index in [4.69, 9.17) is 5.73 Å². The van der Waals surface area contributed by atoms with Gasteiger partial charge in [0.15, 0.2) is 0 Å². The third-order valence-corrected chi connectivity index (χ3v) is 5.37. The first-order valence-corrected chi connectivity index (χ1v) is 8.39. The fourth-order valence-corrected chi connectivity index (χ4v) is 3.89. The number of carbonyl (C=O) groups excluding carboxylic acids is 2. The summed E-state index contributed by atoms with van der Waals surface area (Å²) >= 11 is 1.46. The molecule has 2 amide bonds. The zero-order valence-corrected chi connectivity index (χ0v) is 12.9. The maximum Gasteiger partial charge on any atom is 0.264 e. The molecule has 2 heterocycles. The summed E-state index contributed by atoms with van der Waals surface area (Å²) in [6.07, 6.45) is 3.67. The molecule has 1 aliphatic heterocycles. The molecule has 0 aromatic carbocycles. The van der Waals surface area contributed by atoms with Crippen molar-refractivity contribution in [1.29, 1.82) is 0 Å². The molecular formula is C15H21N3O2S. The van der Waals surface area contributed by atoms with Crippen molar-refractivity contribution in [3.8, 4) is 0 Å². The van der Waals surface area contributed by atoms with Crippen molar-refractivity contribution in [2.24, 2.45) is 5.73 Å². The van der Waals surface area contributed by atoms with Crippen LogP contribution in [-0.4, -0.2) is 53.3 Å². The van der Waals surface area contributed by atoms with Crippen LogP contribution in [0.2, 0.25) is 0 Å². The summed E-state index contributed by atoms with van der Waals surface area (Å²) in [6, 6.07) is 3.73. The number of nitrogens with zero attached hydrogens (tertiary/aromatic N) is 2. The molecule has 1 saturated carbocycles. The van der Waals surface area contributed by atoms with E-state index in [1.54, 1.807) is 0 Å². The van der Waals surface area contributed by atoms with Gasteiger partial charge in [-0.15, -0.1) is 11.3 Å². The molecule has 2 aliphatic rings. The second-order valence-electron chi connectivity index (χ2n) is 5.92. The monoisotopic (exact) mass is 307 g/mol. The summed E-state index contributed by atoms with van der Waals surface area (Å²) in [7, 11) is 0. The van der Waals surface area contributed by atoms with Crippen LogP contribution in [0.25, 0.3) is 0 Å². The lowest BCUT2D eigenvalue weighted by Crippen LogP contribution is -2.59. The normalized spacial score (nSPS) is 21.6. The number of hydrogen-bond donors (Lipinski definition) is 1. The van der Waals surface area contributed by atoms with Gasteiger partial charge in [0.1, 0.15) is 0 Å². The Bertz CT molecular complexity index is 515. The van der Waals surface area contributed by atoms with Crippen LogP contribution in [0, 0.1) is 0 Å². The Balaban J connectivity index is 1.58. The minimum atomic E-state index is -0.653. The van der Waals surface area contributed by atoms with Crippen LogP contribution in [-0.2, 0) is 4.79 Å². The first-order valence-electron chi connectivity index (χ1n) is 7.51. The molecule has 114 valence electrons. The van der Waals surface area contributed by atoms with Crippen molar-refractivity contribution in [2.75, 3.05) is 26.2 Å². The molecule has 0 bridgehead atoms. The van der Waals surface area contributed by atoms with Crippen LogP contribution in [0.3, 0.4) is 0 Å². The predicted molar refractivity (Wildman–Crippen MR) is 82.2 cm³/mol. The van der Waals surface area contributed by atoms with Crippen molar-refractivity contribution in [2.45, 2.75) is 31.2 Å². The Morgan fingerprint density at radius 1 is 1.10 bits per heavy atom. The number of nitrogens with two attached hydrogens (primary N) is 1. The summed E-state index contributed by atoms with van der Waals surface area (Å²) in [5.74, 6) is 0.142. The lowest BCUT2D eigenvalue weighted by molar-refractivity contribution is -0.138. The highest BCUT2D eigenvalue weighted by Gasteiger charge is 2.40. The topological polar surface area (TPSA) is 66.6 Å². The molecule has 1 aliphatic carbocycles. The maximum absolute atomic E-state index is 12.5. The molecule has 1 aromatic heterocycles. The standard InChI is InChI=1S/C15H21N3O2S/c16-15(5-1-2-6-15)14(20)18-9-7-17(8-10-18)13(19)12-4-3-11-21-12/h3-4,11H,1-2,5-10,16H2. The van der Waals surface area contributed by atoms with Gasteiger partial charge < -0.3 is 15.5 Å². The van der Waals surface area contributed by atoms with Gasteiger partial charge in [0.2, 0.25) is 5.91 Å². The van der Waals surface area contributed by atoms with Crippen molar-refractivity contribution in [3.63, 3.8) is 0 Å². The van der Waals surface area contributed by atoms with E-state index in [9.17, 15) is 9.59 Å². The molecule has 5 nitrogen and oxygen atoms in total. The van der Waals surface area contributed by atoms with E-state index < -0.39 is 5.54 Å². The van der Waals surface area contributed by atoms with Crippen LogP contribution in [0.15, 0.2) is 17.5 Å². The van der Waals surface area contributed by atoms with Crippen LogP contribution < -0.4 is 5.73 Å². The summed E-state index contributed by atoms with van der Waals surface area (Å²) in [5, 5.41) is 1.91. The molecule has 1 saturated heterocycles. The average Bonchev–Trinajstić information content (AvgIpc) is 3.18. The summed E-state index contributed by atoms with van der Waals surface area (Å²) in [6.45, 7) is 2.38. The highest BCUT2D eigenvalue weighted by molar-refractivity contribution is 7.12. The molecule has 0 spiro atoms. The number of hydrogen-bond acceptors (Lipinski definition) is 4. The molecule has 0 radical (unpaired) electrons. The molecular weight excluding hydrogens is 286 g/mol. The van der Waals surface area contributed by atoms with Crippen molar-refractivity contribution in [1.82, 2.24) is 9.80 Å². The predicted octanol–water partition coefficient (Wildman–Crippen LogP) is 1.30. The zero-order valence-electron chi connectivity index (χ0n) is 12.1. The van der Waals surface area contributed by atoms with Gasteiger partial charge in [-0.1, -0.05) is 18.9 Å².